The van der Waals surface area contributed by atoms with E-state index in [0.717, 1.165) is 6.54 Å². The van der Waals surface area contributed by atoms with Crippen LogP contribution in [0.1, 0.15) is 17.5 Å². The highest BCUT2D eigenvalue weighted by molar-refractivity contribution is 5.76. The Morgan fingerprint density at radius 2 is 2.00 bits per heavy atom. The van der Waals surface area contributed by atoms with Gasteiger partial charge in [-0.1, -0.05) is 29.8 Å². The van der Waals surface area contributed by atoms with E-state index in [-0.39, 0.29) is 11.9 Å². The molecule has 1 amide bonds. The maximum absolute atomic E-state index is 11.4. The maximum Gasteiger partial charge on any atom is 0.221 e. The summed E-state index contributed by atoms with van der Waals surface area (Å²) in [6.07, 6.45) is 0.440. The number of nitrogens with two attached hydrogens (primary N) is 1. The van der Waals surface area contributed by atoms with Gasteiger partial charge in [0.2, 0.25) is 5.91 Å². The van der Waals surface area contributed by atoms with Gasteiger partial charge in [-0.2, -0.15) is 0 Å². The molecule has 0 aliphatic heterocycles. The molecule has 4 nitrogen and oxygen atoms in total. The fraction of sp³-hybridized carbons (Fsp3) is 0.500. The van der Waals surface area contributed by atoms with Gasteiger partial charge in [0, 0.05) is 32.6 Å². The SMILES string of the molecule is CNC(=O)CC(CN)N(C)Cc1ccc(C)cc1. The molecular weight excluding hydrogens is 226 g/mol. The number of benzene rings is 1. The molecule has 0 aromatic heterocycles. The topological polar surface area (TPSA) is 58.4 Å². The minimum atomic E-state index is 0.0289. The van der Waals surface area contributed by atoms with Gasteiger partial charge in [0.25, 0.3) is 0 Å². The zero-order valence-corrected chi connectivity index (χ0v) is 11.4. The molecule has 3 N–H and O–H groups in total. The minimum absolute atomic E-state index is 0.0289. The summed E-state index contributed by atoms with van der Waals surface area (Å²) in [6, 6.07) is 8.49. The van der Waals surface area contributed by atoms with Crippen LogP contribution in [0.5, 0.6) is 0 Å². The Labute approximate surface area is 109 Å². The van der Waals surface area contributed by atoms with Crippen molar-refractivity contribution in [3.8, 4) is 0 Å². The molecule has 0 spiro atoms. The second-order valence-electron chi connectivity index (χ2n) is 4.67. The average Bonchev–Trinajstić information content (AvgIpc) is 2.38. The molecule has 0 bridgehead atoms. The molecule has 1 aromatic carbocycles. The summed E-state index contributed by atoms with van der Waals surface area (Å²) in [7, 11) is 3.65. The van der Waals surface area contributed by atoms with Crippen LogP contribution in [0.15, 0.2) is 24.3 Å². The van der Waals surface area contributed by atoms with Crippen LogP contribution in [0.4, 0.5) is 0 Å². The standard InChI is InChI=1S/C14H23N3O/c1-11-4-6-12(7-5-11)10-17(3)13(9-15)8-14(18)16-2/h4-7,13H,8-10,15H2,1-3H3,(H,16,18). The Morgan fingerprint density at radius 3 is 2.50 bits per heavy atom. The van der Waals surface area contributed by atoms with E-state index in [1.807, 2.05) is 7.05 Å². The van der Waals surface area contributed by atoms with Gasteiger partial charge >= 0.3 is 0 Å². The minimum Gasteiger partial charge on any atom is -0.359 e. The molecule has 0 heterocycles. The van der Waals surface area contributed by atoms with Gasteiger partial charge in [-0.05, 0) is 19.5 Å². The number of nitrogens with one attached hydrogen (secondary N) is 1. The molecule has 0 saturated heterocycles. The van der Waals surface area contributed by atoms with Crippen LogP contribution >= 0.6 is 0 Å². The van der Waals surface area contributed by atoms with Crippen molar-refractivity contribution in [3.63, 3.8) is 0 Å². The quantitative estimate of drug-likeness (QED) is 0.787. The van der Waals surface area contributed by atoms with E-state index in [9.17, 15) is 4.79 Å². The van der Waals surface area contributed by atoms with E-state index in [0.29, 0.717) is 13.0 Å². The van der Waals surface area contributed by atoms with Crippen LogP contribution in [0.3, 0.4) is 0 Å². The first kappa shape index (κ1) is 14.7. The van der Waals surface area contributed by atoms with Crippen molar-refractivity contribution in [2.75, 3.05) is 20.6 Å². The van der Waals surface area contributed by atoms with E-state index in [1.54, 1.807) is 7.05 Å². The molecule has 0 fully saturated rings. The van der Waals surface area contributed by atoms with Gasteiger partial charge in [-0.15, -0.1) is 0 Å². The third-order valence-electron chi connectivity index (χ3n) is 3.15. The van der Waals surface area contributed by atoms with Gasteiger partial charge in [0.05, 0.1) is 0 Å². The van der Waals surface area contributed by atoms with E-state index in [4.69, 9.17) is 5.73 Å². The predicted octanol–water partition coefficient (Wildman–Crippen LogP) is 0.890. The molecule has 18 heavy (non-hydrogen) atoms. The van der Waals surface area contributed by atoms with Crippen LogP contribution in [-0.4, -0.2) is 37.5 Å². The summed E-state index contributed by atoms with van der Waals surface area (Å²) < 4.78 is 0. The Morgan fingerprint density at radius 1 is 1.39 bits per heavy atom. The van der Waals surface area contributed by atoms with Gasteiger partial charge in [-0.25, -0.2) is 0 Å². The lowest BCUT2D eigenvalue weighted by molar-refractivity contribution is -0.121. The summed E-state index contributed by atoms with van der Waals surface area (Å²) in [5.74, 6) is 0.0289. The number of likely N-dealkylation sites (N-methyl/N-ethyl adjacent to an activating group) is 1. The first-order valence-corrected chi connectivity index (χ1v) is 6.23. The second-order valence-corrected chi connectivity index (χ2v) is 4.67. The van der Waals surface area contributed by atoms with Gasteiger partial charge in [0.1, 0.15) is 0 Å². The number of hydrogen-bond acceptors (Lipinski definition) is 3. The molecule has 0 saturated carbocycles. The lowest BCUT2D eigenvalue weighted by atomic mass is 10.1. The van der Waals surface area contributed by atoms with E-state index in [2.05, 4.69) is 41.4 Å². The highest BCUT2D eigenvalue weighted by Gasteiger charge is 2.16. The smallest absolute Gasteiger partial charge is 0.221 e. The number of carbonyl (C=O) groups excluding carboxylic acids is 1. The van der Waals surface area contributed by atoms with Gasteiger partial charge < -0.3 is 11.1 Å². The molecule has 1 atom stereocenters. The first-order valence-electron chi connectivity index (χ1n) is 6.23. The third kappa shape index (κ3) is 4.47. The second kappa shape index (κ2) is 7.13. The van der Waals surface area contributed by atoms with Gasteiger partial charge in [0.15, 0.2) is 0 Å². The van der Waals surface area contributed by atoms with Crippen LogP contribution in [0.25, 0.3) is 0 Å². The number of aryl methyl sites for hydroxylation is 1. The van der Waals surface area contributed by atoms with E-state index >= 15 is 0 Å². The summed E-state index contributed by atoms with van der Waals surface area (Å²) in [6.45, 7) is 3.36. The molecule has 0 radical (unpaired) electrons. The van der Waals surface area contributed by atoms with Crippen LogP contribution < -0.4 is 11.1 Å². The molecule has 0 aliphatic carbocycles. The normalized spacial score (nSPS) is 12.5. The van der Waals surface area contributed by atoms with Crippen molar-refractivity contribution < 1.29 is 4.79 Å². The highest BCUT2D eigenvalue weighted by atomic mass is 16.1. The lowest BCUT2D eigenvalue weighted by Crippen LogP contribution is -2.41. The lowest BCUT2D eigenvalue weighted by Gasteiger charge is -2.26. The van der Waals surface area contributed by atoms with E-state index < -0.39 is 0 Å². The van der Waals surface area contributed by atoms with Crippen LogP contribution in [0, 0.1) is 6.92 Å². The fourth-order valence-corrected chi connectivity index (χ4v) is 1.85. The molecule has 1 aromatic rings. The molecule has 100 valence electrons. The molecule has 1 unspecified atom stereocenters. The summed E-state index contributed by atoms with van der Waals surface area (Å²) in [5.41, 5.74) is 8.22. The Hall–Kier alpha value is -1.39. The average molecular weight is 249 g/mol. The fourth-order valence-electron chi connectivity index (χ4n) is 1.85. The molecule has 1 rings (SSSR count). The maximum atomic E-state index is 11.4. The van der Waals surface area contributed by atoms with Crippen molar-refractivity contribution in [1.29, 1.82) is 0 Å². The molecule has 4 heteroatoms. The van der Waals surface area contributed by atoms with Crippen molar-refractivity contribution in [1.82, 2.24) is 10.2 Å². The largest absolute Gasteiger partial charge is 0.359 e. The van der Waals surface area contributed by atoms with E-state index in [1.165, 1.54) is 11.1 Å². The highest BCUT2D eigenvalue weighted by Crippen LogP contribution is 2.09. The summed E-state index contributed by atoms with van der Waals surface area (Å²) >= 11 is 0. The van der Waals surface area contributed by atoms with Crippen molar-refractivity contribution in [2.24, 2.45) is 5.73 Å². The van der Waals surface area contributed by atoms with Crippen molar-refractivity contribution in [3.05, 3.63) is 35.4 Å². The first-order chi connectivity index (χ1) is 8.56. The monoisotopic (exact) mass is 249 g/mol. The Kier molecular flexibility index (Phi) is 5.82. The van der Waals surface area contributed by atoms with Gasteiger partial charge in [-0.3, -0.25) is 9.69 Å². The number of carbonyl (C=O) groups is 1. The summed E-state index contributed by atoms with van der Waals surface area (Å²) in [5, 5.41) is 2.63. The molecule has 0 aliphatic rings. The number of rotatable bonds is 6. The third-order valence-corrected chi connectivity index (χ3v) is 3.15. The van der Waals surface area contributed by atoms with Crippen LogP contribution in [0.2, 0.25) is 0 Å². The zero-order valence-electron chi connectivity index (χ0n) is 11.4. The Balaban J connectivity index is 2.58. The molecular formula is C14H23N3O. The zero-order chi connectivity index (χ0) is 13.5. The Bertz CT molecular complexity index is 375. The van der Waals surface area contributed by atoms with Crippen molar-refractivity contribution in [2.45, 2.75) is 25.9 Å². The predicted molar refractivity (Wildman–Crippen MR) is 74.2 cm³/mol. The number of nitrogens with zero attached hydrogens (tertiary/aromatic N) is 1. The van der Waals surface area contributed by atoms with Crippen LogP contribution in [-0.2, 0) is 11.3 Å². The summed E-state index contributed by atoms with van der Waals surface area (Å²) in [4.78, 5) is 13.5. The number of amides is 1. The number of hydrogen-bond donors (Lipinski definition) is 2. The van der Waals surface area contributed by atoms with Crippen molar-refractivity contribution >= 4 is 5.91 Å².